The molecule has 2 fully saturated rings. The van der Waals surface area contributed by atoms with Gasteiger partial charge in [0.05, 0.1) is 0 Å². The molecule has 2 heteroatoms. The molecule has 0 aliphatic heterocycles. The first-order chi connectivity index (χ1) is 7.70. The Hall–Kier alpha value is -0.0800. The van der Waals surface area contributed by atoms with Crippen LogP contribution < -0.4 is 5.32 Å². The molecule has 1 N–H and O–H groups in total. The van der Waals surface area contributed by atoms with E-state index in [0.29, 0.717) is 5.54 Å². The van der Waals surface area contributed by atoms with E-state index in [1.807, 2.05) is 0 Å². The molecular weight excluding hydrogens is 196 g/mol. The quantitative estimate of drug-likeness (QED) is 0.739. The van der Waals surface area contributed by atoms with Crippen molar-refractivity contribution in [1.29, 1.82) is 0 Å². The molecule has 0 radical (unpaired) electrons. The van der Waals surface area contributed by atoms with Crippen LogP contribution in [0.5, 0.6) is 0 Å². The van der Waals surface area contributed by atoms with E-state index in [0.717, 1.165) is 12.0 Å². The molecule has 94 valence electrons. The average Bonchev–Trinajstić information content (AvgIpc) is 3.05. The average molecular weight is 224 g/mol. The minimum absolute atomic E-state index is 0.437. The summed E-state index contributed by atoms with van der Waals surface area (Å²) in [7, 11) is 6.75. The van der Waals surface area contributed by atoms with Gasteiger partial charge in [-0.3, -0.25) is 0 Å². The van der Waals surface area contributed by atoms with Gasteiger partial charge in [0.15, 0.2) is 0 Å². The predicted octanol–water partition coefficient (Wildman–Crippen LogP) is 2.64. The van der Waals surface area contributed by atoms with Crippen LogP contribution in [0.2, 0.25) is 0 Å². The summed E-state index contributed by atoms with van der Waals surface area (Å²) in [5, 5.41) is 3.64. The molecule has 1 unspecified atom stereocenters. The van der Waals surface area contributed by atoms with Crippen LogP contribution in [0.1, 0.15) is 51.4 Å². The van der Waals surface area contributed by atoms with Crippen molar-refractivity contribution in [2.75, 3.05) is 21.1 Å². The third kappa shape index (κ3) is 2.28. The first kappa shape index (κ1) is 12.4. The SMILES string of the molecule is CNC(C1CC1)C1(N(C)C)CCCCCC1. The van der Waals surface area contributed by atoms with Gasteiger partial charge in [-0.25, -0.2) is 0 Å². The third-order valence-corrected chi connectivity index (χ3v) is 4.84. The van der Waals surface area contributed by atoms with Crippen LogP contribution in [0.25, 0.3) is 0 Å². The summed E-state index contributed by atoms with van der Waals surface area (Å²) >= 11 is 0. The van der Waals surface area contributed by atoms with Crippen molar-refractivity contribution in [2.45, 2.75) is 62.9 Å². The van der Waals surface area contributed by atoms with Gasteiger partial charge in [0, 0.05) is 11.6 Å². The lowest BCUT2D eigenvalue weighted by Crippen LogP contribution is -2.59. The smallest absolute Gasteiger partial charge is 0.0359 e. The van der Waals surface area contributed by atoms with Gasteiger partial charge in [0.2, 0.25) is 0 Å². The highest BCUT2D eigenvalue weighted by Gasteiger charge is 2.46. The lowest BCUT2D eigenvalue weighted by atomic mass is 9.79. The second-order valence-electron chi connectivity index (χ2n) is 6.02. The number of likely N-dealkylation sites (N-methyl/N-ethyl adjacent to an activating group) is 2. The van der Waals surface area contributed by atoms with Crippen LogP contribution in [-0.4, -0.2) is 37.6 Å². The summed E-state index contributed by atoms with van der Waals surface area (Å²) in [6, 6.07) is 0.723. The molecule has 0 aromatic heterocycles. The Labute approximate surface area is 101 Å². The molecule has 2 saturated carbocycles. The van der Waals surface area contributed by atoms with E-state index in [-0.39, 0.29) is 0 Å². The molecule has 2 aliphatic carbocycles. The summed E-state index contributed by atoms with van der Waals surface area (Å²) in [4.78, 5) is 2.53. The van der Waals surface area contributed by atoms with Gasteiger partial charge in [-0.05, 0) is 52.7 Å². The Morgan fingerprint density at radius 3 is 2.00 bits per heavy atom. The van der Waals surface area contributed by atoms with Gasteiger partial charge >= 0.3 is 0 Å². The molecule has 0 heterocycles. The second-order valence-corrected chi connectivity index (χ2v) is 6.02. The van der Waals surface area contributed by atoms with E-state index in [4.69, 9.17) is 0 Å². The van der Waals surface area contributed by atoms with Crippen molar-refractivity contribution >= 4 is 0 Å². The minimum atomic E-state index is 0.437. The Morgan fingerprint density at radius 2 is 1.62 bits per heavy atom. The molecule has 0 spiro atoms. The normalized spacial score (nSPS) is 27.8. The highest BCUT2D eigenvalue weighted by Crippen LogP contribution is 2.44. The van der Waals surface area contributed by atoms with E-state index >= 15 is 0 Å². The van der Waals surface area contributed by atoms with Crippen molar-refractivity contribution < 1.29 is 0 Å². The van der Waals surface area contributed by atoms with Gasteiger partial charge in [-0.1, -0.05) is 25.7 Å². The molecule has 0 bridgehead atoms. The van der Waals surface area contributed by atoms with Crippen LogP contribution in [0.15, 0.2) is 0 Å². The van der Waals surface area contributed by atoms with Gasteiger partial charge < -0.3 is 10.2 Å². The molecule has 2 rings (SSSR count). The molecule has 0 aromatic carbocycles. The Morgan fingerprint density at radius 1 is 1.06 bits per heavy atom. The number of nitrogens with zero attached hydrogens (tertiary/aromatic N) is 1. The molecule has 0 amide bonds. The maximum Gasteiger partial charge on any atom is 0.0359 e. The zero-order valence-electron chi connectivity index (χ0n) is 11.3. The summed E-state index contributed by atoms with van der Waals surface area (Å²) in [6.07, 6.45) is 11.4. The predicted molar refractivity (Wildman–Crippen MR) is 69.7 cm³/mol. The summed E-state index contributed by atoms with van der Waals surface area (Å²) < 4.78 is 0. The Balaban J connectivity index is 2.17. The molecule has 16 heavy (non-hydrogen) atoms. The molecule has 1 atom stereocenters. The molecule has 2 nitrogen and oxygen atoms in total. The van der Waals surface area contributed by atoms with Crippen molar-refractivity contribution in [2.24, 2.45) is 5.92 Å². The van der Waals surface area contributed by atoms with E-state index < -0.39 is 0 Å². The van der Waals surface area contributed by atoms with E-state index in [9.17, 15) is 0 Å². The van der Waals surface area contributed by atoms with Gasteiger partial charge in [0.1, 0.15) is 0 Å². The zero-order chi connectivity index (χ0) is 11.6. The van der Waals surface area contributed by atoms with E-state index in [1.54, 1.807) is 0 Å². The highest BCUT2D eigenvalue weighted by atomic mass is 15.2. The second kappa shape index (κ2) is 5.05. The molecular formula is C14H28N2. The first-order valence-corrected chi connectivity index (χ1v) is 7.05. The van der Waals surface area contributed by atoms with Crippen molar-refractivity contribution in [3.05, 3.63) is 0 Å². The Bertz CT molecular complexity index is 213. The standard InChI is InChI=1S/C14H28N2/c1-15-13(12-8-9-12)14(16(2)3)10-6-4-5-7-11-14/h12-13,15H,4-11H2,1-3H3. The van der Waals surface area contributed by atoms with Crippen LogP contribution in [0, 0.1) is 5.92 Å². The zero-order valence-corrected chi connectivity index (χ0v) is 11.3. The number of hydrogen-bond acceptors (Lipinski definition) is 2. The fraction of sp³-hybridized carbons (Fsp3) is 1.00. The molecule has 2 aliphatic rings. The lowest BCUT2D eigenvalue weighted by molar-refractivity contribution is 0.0740. The van der Waals surface area contributed by atoms with Crippen LogP contribution in [0.4, 0.5) is 0 Å². The largest absolute Gasteiger partial charge is 0.315 e. The minimum Gasteiger partial charge on any atom is -0.315 e. The number of rotatable bonds is 4. The summed E-state index contributed by atoms with van der Waals surface area (Å²) in [5.41, 5.74) is 0.437. The maximum atomic E-state index is 3.64. The highest BCUT2D eigenvalue weighted by molar-refractivity contribution is 5.05. The van der Waals surface area contributed by atoms with Crippen molar-refractivity contribution in [3.63, 3.8) is 0 Å². The Kier molecular flexibility index (Phi) is 3.91. The maximum absolute atomic E-state index is 3.64. The van der Waals surface area contributed by atoms with E-state index in [1.165, 1.54) is 51.4 Å². The number of hydrogen-bond donors (Lipinski definition) is 1. The van der Waals surface area contributed by atoms with Crippen LogP contribution in [0.3, 0.4) is 0 Å². The fourth-order valence-corrected chi connectivity index (χ4v) is 3.75. The van der Waals surface area contributed by atoms with Gasteiger partial charge in [0.25, 0.3) is 0 Å². The summed E-state index contributed by atoms with van der Waals surface area (Å²) in [5.74, 6) is 0.950. The van der Waals surface area contributed by atoms with Crippen LogP contribution >= 0.6 is 0 Å². The lowest BCUT2D eigenvalue weighted by Gasteiger charge is -2.46. The third-order valence-electron chi connectivity index (χ3n) is 4.84. The van der Waals surface area contributed by atoms with Crippen molar-refractivity contribution in [3.8, 4) is 0 Å². The van der Waals surface area contributed by atoms with Crippen molar-refractivity contribution in [1.82, 2.24) is 10.2 Å². The van der Waals surface area contributed by atoms with E-state index in [2.05, 4.69) is 31.4 Å². The monoisotopic (exact) mass is 224 g/mol. The van der Waals surface area contributed by atoms with Crippen LogP contribution in [-0.2, 0) is 0 Å². The molecule has 0 saturated heterocycles. The topological polar surface area (TPSA) is 15.3 Å². The van der Waals surface area contributed by atoms with Gasteiger partial charge in [-0.15, -0.1) is 0 Å². The summed E-state index contributed by atoms with van der Waals surface area (Å²) in [6.45, 7) is 0. The first-order valence-electron chi connectivity index (χ1n) is 7.05. The number of nitrogens with one attached hydrogen (secondary N) is 1. The molecule has 0 aromatic rings. The van der Waals surface area contributed by atoms with Gasteiger partial charge in [-0.2, -0.15) is 0 Å². The fourth-order valence-electron chi connectivity index (χ4n) is 3.75.